The number of hydrogen-bond donors (Lipinski definition) is 2. The molecule has 6 heteroatoms. The van der Waals surface area contributed by atoms with E-state index in [-0.39, 0.29) is 11.1 Å². The van der Waals surface area contributed by atoms with Crippen LogP contribution >= 0.6 is 0 Å². The molecular weight excluding hydrogens is 226 g/mol. The number of carboxylic acids is 2. The van der Waals surface area contributed by atoms with E-state index in [0.29, 0.717) is 0 Å². The zero-order valence-corrected chi connectivity index (χ0v) is 9.51. The summed E-state index contributed by atoms with van der Waals surface area (Å²) in [5.74, 6) is -3.02. The van der Waals surface area contributed by atoms with Crippen molar-refractivity contribution in [1.82, 2.24) is 4.90 Å². The van der Waals surface area contributed by atoms with Gasteiger partial charge >= 0.3 is 11.9 Å². The van der Waals surface area contributed by atoms with Gasteiger partial charge in [0.1, 0.15) is 0 Å². The number of carbonyl (C=O) groups is 3. The Morgan fingerprint density at radius 2 is 1.35 bits per heavy atom. The summed E-state index contributed by atoms with van der Waals surface area (Å²) in [4.78, 5) is 33.4. The molecule has 6 nitrogen and oxygen atoms in total. The van der Waals surface area contributed by atoms with E-state index in [1.165, 1.54) is 13.8 Å². The Bertz CT molecular complexity index is 390. The fourth-order valence-electron chi connectivity index (χ4n) is 0.798. The van der Waals surface area contributed by atoms with Crippen LogP contribution in [-0.4, -0.2) is 33.0 Å². The summed E-state index contributed by atoms with van der Waals surface area (Å²) in [5, 5.41) is 17.3. The Hall–Kier alpha value is -2.37. The summed E-state index contributed by atoms with van der Waals surface area (Å²) in [7, 11) is 0. The lowest BCUT2D eigenvalue weighted by molar-refractivity contribution is -0.133. The highest BCUT2D eigenvalue weighted by molar-refractivity contribution is 5.92. The van der Waals surface area contributed by atoms with E-state index < -0.39 is 17.8 Å². The average molecular weight is 239 g/mol. The maximum atomic E-state index is 11.4. The van der Waals surface area contributed by atoms with Crippen molar-refractivity contribution in [2.45, 2.75) is 13.8 Å². The molecule has 0 rings (SSSR count). The molecule has 92 valence electrons. The van der Waals surface area contributed by atoms with Crippen molar-refractivity contribution < 1.29 is 24.6 Å². The van der Waals surface area contributed by atoms with Gasteiger partial charge < -0.3 is 10.2 Å². The van der Waals surface area contributed by atoms with Crippen LogP contribution in [0.5, 0.6) is 0 Å². The van der Waals surface area contributed by atoms with Crippen LogP contribution in [0.3, 0.4) is 0 Å². The van der Waals surface area contributed by atoms with Gasteiger partial charge in [0, 0.05) is 12.4 Å². The lowest BCUT2D eigenvalue weighted by Gasteiger charge is -2.12. The summed E-state index contributed by atoms with van der Waals surface area (Å²) in [6, 6.07) is 0. The molecule has 0 unspecified atom stereocenters. The smallest absolute Gasteiger partial charge is 0.332 e. The minimum Gasteiger partial charge on any atom is -0.478 e. The molecule has 0 aliphatic carbocycles. The monoisotopic (exact) mass is 239 g/mol. The van der Waals surface area contributed by atoms with Gasteiger partial charge in [-0.1, -0.05) is 6.58 Å². The predicted octanol–water partition coefficient (Wildman–Crippen LogP) is 0.978. The number of nitrogens with zero attached hydrogens (tertiary/aromatic N) is 1. The second-order valence-corrected chi connectivity index (χ2v) is 3.18. The molecule has 0 aromatic rings. The molecule has 0 heterocycles. The van der Waals surface area contributed by atoms with E-state index in [1.807, 2.05) is 0 Å². The minimum atomic E-state index is -1.20. The van der Waals surface area contributed by atoms with E-state index in [4.69, 9.17) is 10.2 Å². The third kappa shape index (κ3) is 4.78. The maximum Gasteiger partial charge on any atom is 0.332 e. The van der Waals surface area contributed by atoms with E-state index in [2.05, 4.69) is 6.58 Å². The van der Waals surface area contributed by atoms with Gasteiger partial charge in [-0.25, -0.2) is 9.59 Å². The molecule has 0 saturated heterocycles. The van der Waals surface area contributed by atoms with Crippen LogP contribution in [0.2, 0.25) is 0 Å². The average Bonchev–Trinajstić information content (AvgIpc) is 2.26. The van der Waals surface area contributed by atoms with Crippen molar-refractivity contribution in [1.29, 1.82) is 0 Å². The molecule has 0 atom stereocenters. The normalized spacial score (nSPS) is 11.9. The van der Waals surface area contributed by atoms with Crippen molar-refractivity contribution in [3.05, 3.63) is 36.2 Å². The zero-order valence-electron chi connectivity index (χ0n) is 9.51. The fraction of sp³-hybridized carbons (Fsp3) is 0.182. The third-order valence-electron chi connectivity index (χ3n) is 1.77. The van der Waals surface area contributed by atoms with Crippen molar-refractivity contribution in [3.8, 4) is 0 Å². The number of aliphatic carboxylic acids is 2. The second kappa shape index (κ2) is 6.26. The summed E-state index contributed by atoms with van der Waals surface area (Å²) in [5.41, 5.74) is -0.204. The highest BCUT2D eigenvalue weighted by atomic mass is 16.4. The maximum absolute atomic E-state index is 11.4. The highest BCUT2D eigenvalue weighted by Crippen LogP contribution is 2.04. The first-order valence-corrected chi connectivity index (χ1v) is 4.57. The molecule has 2 N–H and O–H groups in total. The van der Waals surface area contributed by atoms with Gasteiger partial charge in [-0.2, -0.15) is 0 Å². The largest absolute Gasteiger partial charge is 0.478 e. The third-order valence-corrected chi connectivity index (χ3v) is 1.77. The predicted molar refractivity (Wildman–Crippen MR) is 59.8 cm³/mol. The molecule has 1 amide bonds. The topological polar surface area (TPSA) is 94.9 Å². The summed E-state index contributed by atoms with van der Waals surface area (Å²) < 4.78 is 0. The molecule has 0 aliphatic rings. The van der Waals surface area contributed by atoms with Crippen LogP contribution in [0.1, 0.15) is 13.8 Å². The first-order chi connectivity index (χ1) is 7.79. The van der Waals surface area contributed by atoms with Crippen molar-refractivity contribution >= 4 is 17.8 Å². The lowest BCUT2D eigenvalue weighted by atomic mass is 10.3. The van der Waals surface area contributed by atoms with E-state index in [0.717, 1.165) is 23.4 Å². The van der Waals surface area contributed by atoms with Crippen LogP contribution in [0.4, 0.5) is 0 Å². The summed E-state index contributed by atoms with van der Waals surface area (Å²) >= 11 is 0. The van der Waals surface area contributed by atoms with Gasteiger partial charge in [-0.15, -0.1) is 0 Å². The molecule has 0 aliphatic heterocycles. The molecule has 0 bridgehead atoms. The van der Waals surface area contributed by atoms with Gasteiger partial charge in [0.15, 0.2) is 0 Å². The van der Waals surface area contributed by atoms with Gasteiger partial charge in [0.05, 0.1) is 11.1 Å². The van der Waals surface area contributed by atoms with E-state index in [9.17, 15) is 14.4 Å². The fourth-order valence-corrected chi connectivity index (χ4v) is 0.798. The molecule has 0 fully saturated rings. The number of rotatable bonds is 5. The molecule has 17 heavy (non-hydrogen) atoms. The van der Waals surface area contributed by atoms with Crippen LogP contribution in [-0.2, 0) is 14.4 Å². The Kier molecular flexibility index (Phi) is 5.39. The number of carbonyl (C=O) groups excluding carboxylic acids is 1. The lowest BCUT2D eigenvalue weighted by Crippen LogP contribution is -2.20. The van der Waals surface area contributed by atoms with Crippen molar-refractivity contribution in [3.63, 3.8) is 0 Å². The molecule has 0 aromatic carbocycles. The Labute approximate surface area is 98.2 Å². The Balaban J connectivity index is 5.31. The van der Waals surface area contributed by atoms with Gasteiger partial charge in [-0.3, -0.25) is 9.69 Å². The Morgan fingerprint density at radius 3 is 1.59 bits per heavy atom. The van der Waals surface area contributed by atoms with Gasteiger partial charge in [0.25, 0.3) is 5.91 Å². The van der Waals surface area contributed by atoms with E-state index in [1.54, 1.807) is 0 Å². The number of amides is 1. The molecule has 0 aromatic heterocycles. The SMILES string of the molecule is C=CC(=O)N(C=C(C)C(=O)O)C=C(C)C(=O)O. The van der Waals surface area contributed by atoms with Crippen LogP contribution in [0.25, 0.3) is 0 Å². The molecule has 0 radical (unpaired) electrons. The van der Waals surface area contributed by atoms with Crippen LogP contribution in [0, 0.1) is 0 Å². The minimum absolute atomic E-state index is 0.102. The standard InChI is InChI=1S/C11H13NO5/c1-4-9(13)12(5-7(2)10(14)15)6-8(3)11(16)17/h4-6H,1H2,2-3H3,(H,14,15)(H,16,17). The van der Waals surface area contributed by atoms with E-state index >= 15 is 0 Å². The first-order valence-electron chi connectivity index (χ1n) is 4.57. The van der Waals surface area contributed by atoms with Gasteiger partial charge in [-0.05, 0) is 19.9 Å². The summed E-state index contributed by atoms with van der Waals surface area (Å²) in [6.45, 7) is 5.82. The first kappa shape index (κ1) is 14.6. The highest BCUT2D eigenvalue weighted by Gasteiger charge is 2.10. The van der Waals surface area contributed by atoms with Gasteiger partial charge in [0.2, 0.25) is 0 Å². The van der Waals surface area contributed by atoms with Crippen molar-refractivity contribution in [2.75, 3.05) is 0 Å². The number of carboxylic acid groups (broad SMARTS) is 2. The number of hydrogen-bond acceptors (Lipinski definition) is 3. The second-order valence-electron chi connectivity index (χ2n) is 3.18. The summed E-state index contributed by atoms with van der Waals surface area (Å²) in [6.07, 6.45) is 3.01. The zero-order chi connectivity index (χ0) is 13.6. The van der Waals surface area contributed by atoms with Crippen LogP contribution < -0.4 is 0 Å². The molecule has 0 saturated carbocycles. The molecular formula is C11H13NO5. The van der Waals surface area contributed by atoms with Crippen LogP contribution in [0.15, 0.2) is 36.2 Å². The quantitative estimate of drug-likeness (QED) is 0.697. The molecule has 0 spiro atoms. The van der Waals surface area contributed by atoms with Crippen molar-refractivity contribution in [2.24, 2.45) is 0 Å². The Morgan fingerprint density at radius 1 is 1.00 bits per heavy atom.